The molecule has 0 aromatic carbocycles. The van der Waals surface area contributed by atoms with Crippen molar-refractivity contribution in [3.8, 4) is 0 Å². The zero-order valence-corrected chi connectivity index (χ0v) is 13.4. The zero-order valence-electron chi connectivity index (χ0n) is 11.8. The Bertz CT molecular complexity index is 525. The van der Waals surface area contributed by atoms with Crippen molar-refractivity contribution in [1.82, 2.24) is 20.3 Å². The van der Waals surface area contributed by atoms with Crippen molar-refractivity contribution < 1.29 is 0 Å². The van der Waals surface area contributed by atoms with Crippen molar-refractivity contribution in [2.24, 2.45) is 0 Å². The highest BCUT2D eigenvalue weighted by Crippen LogP contribution is 2.16. The molecule has 5 heteroatoms. The van der Waals surface area contributed by atoms with E-state index in [-0.39, 0.29) is 6.04 Å². The Labute approximate surface area is 128 Å². The molecule has 0 spiro atoms. The molecule has 2 aromatic heterocycles. The van der Waals surface area contributed by atoms with Gasteiger partial charge in [-0.3, -0.25) is 15.0 Å². The Morgan fingerprint density at radius 1 is 1.15 bits per heavy atom. The van der Waals surface area contributed by atoms with Gasteiger partial charge in [-0.2, -0.15) is 0 Å². The monoisotopic (exact) mass is 334 g/mol. The molecule has 2 rings (SSSR count). The Morgan fingerprint density at radius 3 is 2.60 bits per heavy atom. The fourth-order valence-electron chi connectivity index (χ4n) is 1.92. The maximum Gasteiger partial charge on any atom is 0.0760 e. The third kappa shape index (κ3) is 4.35. The lowest BCUT2D eigenvalue weighted by Gasteiger charge is -2.17. The van der Waals surface area contributed by atoms with Gasteiger partial charge in [0.25, 0.3) is 0 Å². The van der Waals surface area contributed by atoms with Crippen LogP contribution in [-0.2, 0) is 6.42 Å². The van der Waals surface area contributed by atoms with Gasteiger partial charge < -0.3 is 5.32 Å². The molecule has 0 amide bonds. The van der Waals surface area contributed by atoms with Crippen LogP contribution in [0.2, 0.25) is 0 Å². The number of hydrogen-bond donors (Lipinski definition) is 1. The minimum atomic E-state index is 0.150. The number of aryl methyl sites for hydroxylation is 1. The number of nitrogens with zero attached hydrogens (tertiary/aromatic N) is 3. The fourth-order valence-corrected chi connectivity index (χ4v) is 2.15. The van der Waals surface area contributed by atoms with Gasteiger partial charge in [-0.05, 0) is 48.0 Å². The van der Waals surface area contributed by atoms with Crippen LogP contribution < -0.4 is 5.32 Å². The minimum absolute atomic E-state index is 0.150. The van der Waals surface area contributed by atoms with E-state index < -0.39 is 0 Å². The maximum atomic E-state index is 4.48. The van der Waals surface area contributed by atoms with Crippen molar-refractivity contribution >= 4 is 15.9 Å². The van der Waals surface area contributed by atoms with Gasteiger partial charge >= 0.3 is 0 Å². The summed E-state index contributed by atoms with van der Waals surface area (Å²) in [5.74, 6) is 0. The first kappa shape index (κ1) is 15.1. The normalized spacial score (nSPS) is 12.3. The van der Waals surface area contributed by atoms with E-state index in [0.717, 1.165) is 40.9 Å². The van der Waals surface area contributed by atoms with Gasteiger partial charge in [0.1, 0.15) is 0 Å². The van der Waals surface area contributed by atoms with E-state index in [9.17, 15) is 0 Å². The summed E-state index contributed by atoms with van der Waals surface area (Å²) in [6.45, 7) is 5.06. The predicted molar refractivity (Wildman–Crippen MR) is 83.4 cm³/mol. The van der Waals surface area contributed by atoms with E-state index in [0.29, 0.717) is 0 Å². The third-order valence-electron chi connectivity index (χ3n) is 3.00. The van der Waals surface area contributed by atoms with Crippen LogP contribution in [0.25, 0.3) is 0 Å². The molecule has 0 aliphatic heterocycles. The van der Waals surface area contributed by atoms with E-state index in [1.54, 1.807) is 0 Å². The summed E-state index contributed by atoms with van der Waals surface area (Å²) in [6.07, 6.45) is 7.38. The summed E-state index contributed by atoms with van der Waals surface area (Å²) in [4.78, 5) is 13.3. The van der Waals surface area contributed by atoms with Crippen molar-refractivity contribution in [2.75, 3.05) is 6.54 Å². The molecule has 0 radical (unpaired) electrons. The maximum absolute atomic E-state index is 4.48. The van der Waals surface area contributed by atoms with E-state index in [1.807, 2.05) is 37.6 Å². The Balaban J connectivity index is 2.14. The molecule has 0 saturated carbocycles. The summed E-state index contributed by atoms with van der Waals surface area (Å²) in [6, 6.07) is 4.20. The Morgan fingerprint density at radius 2 is 2.00 bits per heavy atom. The predicted octanol–water partition coefficient (Wildman–Crippen LogP) is 3.23. The summed E-state index contributed by atoms with van der Waals surface area (Å²) in [7, 11) is 0. The molecule has 0 aliphatic carbocycles. The molecule has 1 atom stereocenters. The number of aromatic nitrogens is 3. The molecule has 0 fully saturated rings. The molecule has 2 aromatic rings. The number of halogens is 1. The quantitative estimate of drug-likeness (QED) is 0.881. The van der Waals surface area contributed by atoms with Crippen LogP contribution in [0.1, 0.15) is 36.5 Å². The topological polar surface area (TPSA) is 50.7 Å². The number of pyridine rings is 1. The van der Waals surface area contributed by atoms with Crippen LogP contribution in [0.15, 0.2) is 35.2 Å². The summed E-state index contributed by atoms with van der Waals surface area (Å²) < 4.78 is 0.995. The summed E-state index contributed by atoms with van der Waals surface area (Å²) in [5.41, 5.74) is 2.95. The van der Waals surface area contributed by atoms with Crippen LogP contribution in [0, 0.1) is 6.92 Å². The van der Waals surface area contributed by atoms with Gasteiger partial charge in [0.2, 0.25) is 0 Å². The molecule has 1 unspecified atom stereocenters. The minimum Gasteiger partial charge on any atom is -0.308 e. The van der Waals surface area contributed by atoms with Crippen molar-refractivity contribution in [2.45, 2.75) is 32.7 Å². The first-order valence-corrected chi connectivity index (χ1v) is 7.60. The second kappa shape index (κ2) is 7.45. The van der Waals surface area contributed by atoms with E-state index >= 15 is 0 Å². The second-order valence-electron chi connectivity index (χ2n) is 4.76. The lowest BCUT2D eigenvalue weighted by atomic mass is 10.1. The van der Waals surface area contributed by atoms with Gasteiger partial charge in [0.05, 0.1) is 23.6 Å². The molecule has 20 heavy (non-hydrogen) atoms. The molecule has 0 saturated heterocycles. The van der Waals surface area contributed by atoms with Crippen molar-refractivity contribution in [1.29, 1.82) is 0 Å². The molecule has 0 aliphatic rings. The highest BCUT2D eigenvalue weighted by atomic mass is 79.9. The fraction of sp³-hybridized carbons (Fsp3) is 0.400. The second-order valence-corrected chi connectivity index (χ2v) is 5.68. The molecule has 2 heterocycles. The largest absolute Gasteiger partial charge is 0.308 e. The highest BCUT2D eigenvalue weighted by molar-refractivity contribution is 9.10. The number of nitrogens with one attached hydrogen (secondary N) is 1. The average Bonchev–Trinajstić information content (AvgIpc) is 2.46. The Hall–Kier alpha value is -1.33. The molecular formula is C15H19BrN4. The van der Waals surface area contributed by atoms with Crippen molar-refractivity contribution in [3.05, 3.63) is 52.3 Å². The lowest BCUT2D eigenvalue weighted by Crippen LogP contribution is -2.25. The van der Waals surface area contributed by atoms with E-state index in [1.165, 1.54) is 0 Å². The van der Waals surface area contributed by atoms with Gasteiger partial charge in [-0.25, -0.2) is 0 Å². The molecule has 106 valence electrons. The van der Waals surface area contributed by atoms with Crippen LogP contribution in [0.3, 0.4) is 0 Å². The first-order valence-electron chi connectivity index (χ1n) is 6.81. The van der Waals surface area contributed by atoms with Crippen LogP contribution in [0.4, 0.5) is 0 Å². The van der Waals surface area contributed by atoms with Gasteiger partial charge in [0.15, 0.2) is 0 Å². The zero-order chi connectivity index (χ0) is 14.4. The van der Waals surface area contributed by atoms with E-state index in [4.69, 9.17) is 0 Å². The van der Waals surface area contributed by atoms with Crippen LogP contribution in [-0.4, -0.2) is 21.5 Å². The molecular weight excluding hydrogens is 316 g/mol. The van der Waals surface area contributed by atoms with Crippen LogP contribution in [0.5, 0.6) is 0 Å². The Kier molecular flexibility index (Phi) is 5.61. The lowest BCUT2D eigenvalue weighted by molar-refractivity contribution is 0.511. The SMILES string of the molecule is CCCNC(Cc1ccc(Br)cn1)c1cnc(C)cn1. The number of rotatable bonds is 6. The average molecular weight is 335 g/mol. The van der Waals surface area contributed by atoms with Crippen LogP contribution >= 0.6 is 15.9 Å². The first-order chi connectivity index (χ1) is 9.69. The van der Waals surface area contributed by atoms with Crippen molar-refractivity contribution in [3.63, 3.8) is 0 Å². The van der Waals surface area contributed by atoms with Gasteiger partial charge in [-0.1, -0.05) is 6.92 Å². The third-order valence-corrected chi connectivity index (χ3v) is 3.47. The highest BCUT2D eigenvalue weighted by Gasteiger charge is 2.14. The van der Waals surface area contributed by atoms with Gasteiger partial charge in [-0.15, -0.1) is 0 Å². The smallest absolute Gasteiger partial charge is 0.0760 e. The summed E-state index contributed by atoms with van der Waals surface area (Å²) >= 11 is 3.41. The van der Waals surface area contributed by atoms with E-state index in [2.05, 4.69) is 43.1 Å². The molecule has 0 bridgehead atoms. The summed E-state index contributed by atoms with van der Waals surface area (Å²) in [5, 5.41) is 3.51. The molecule has 4 nitrogen and oxygen atoms in total. The molecule has 1 N–H and O–H groups in total. The standard InChI is InChI=1S/C15H19BrN4/c1-3-6-17-14(15-10-18-11(2)8-20-15)7-13-5-4-12(16)9-19-13/h4-5,8-10,14,17H,3,6-7H2,1-2H3. The van der Waals surface area contributed by atoms with Gasteiger partial charge in [0, 0.05) is 29.0 Å². The number of hydrogen-bond acceptors (Lipinski definition) is 4.